The molecule has 0 radical (unpaired) electrons. The molecule has 0 aliphatic rings. The molecule has 1 rings (SSSR count). The molecule has 0 atom stereocenters. The molecule has 0 aromatic heterocycles. The number of aliphatic hydroxyl groups is 1. The summed E-state index contributed by atoms with van der Waals surface area (Å²) in [5, 5.41) is 8.86. The van der Waals surface area contributed by atoms with Gasteiger partial charge in [-0.1, -0.05) is 12.2 Å². The Labute approximate surface area is 99.7 Å². The van der Waals surface area contributed by atoms with E-state index in [1.807, 2.05) is 6.92 Å². The van der Waals surface area contributed by atoms with Crippen LogP contribution in [0.15, 0.2) is 18.2 Å². The summed E-state index contributed by atoms with van der Waals surface area (Å²) in [7, 11) is 0. The molecule has 0 bridgehead atoms. The van der Waals surface area contributed by atoms with Crippen molar-refractivity contribution in [1.29, 1.82) is 0 Å². The van der Waals surface area contributed by atoms with Crippen molar-refractivity contribution in [2.75, 3.05) is 24.6 Å². The minimum atomic E-state index is -0.374. The van der Waals surface area contributed by atoms with Gasteiger partial charge in [0.1, 0.15) is 10.8 Å². The molecule has 0 fully saturated rings. The maximum atomic E-state index is 13.7. The van der Waals surface area contributed by atoms with Crippen LogP contribution in [0.4, 0.5) is 10.1 Å². The highest BCUT2D eigenvalue weighted by Gasteiger charge is 2.10. The molecule has 0 unspecified atom stereocenters. The average molecular weight is 242 g/mol. The highest BCUT2D eigenvalue weighted by Crippen LogP contribution is 2.20. The van der Waals surface area contributed by atoms with Crippen molar-refractivity contribution in [2.24, 2.45) is 5.73 Å². The van der Waals surface area contributed by atoms with E-state index in [9.17, 15) is 4.39 Å². The molecule has 0 heterocycles. The predicted molar refractivity (Wildman–Crippen MR) is 67.3 cm³/mol. The number of nitrogens with zero attached hydrogens (tertiary/aromatic N) is 1. The highest BCUT2D eigenvalue weighted by molar-refractivity contribution is 7.80. The van der Waals surface area contributed by atoms with Crippen molar-refractivity contribution >= 4 is 22.9 Å². The maximum Gasteiger partial charge on any atom is 0.147 e. The van der Waals surface area contributed by atoms with E-state index in [0.29, 0.717) is 24.3 Å². The van der Waals surface area contributed by atoms with Crippen LogP contribution in [0, 0.1) is 5.82 Å². The van der Waals surface area contributed by atoms with Crippen LogP contribution in [-0.4, -0.2) is 29.8 Å². The van der Waals surface area contributed by atoms with Gasteiger partial charge in [0.05, 0.1) is 12.3 Å². The third kappa shape index (κ3) is 2.90. The van der Waals surface area contributed by atoms with Crippen molar-refractivity contribution in [1.82, 2.24) is 0 Å². The number of hydrogen-bond acceptors (Lipinski definition) is 3. The molecule has 16 heavy (non-hydrogen) atoms. The van der Waals surface area contributed by atoms with Gasteiger partial charge < -0.3 is 15.7 Å². The first kappa shape index (κ1) is 12.9. The highest BCUT2D eigenvalue weighted by atomic mass is 32.1. The predicted octanol–water partition coefficient (Wildman–Crippen LogP) is 1.28. The van der Waals surface area contributed by atoms with Gasteiger partial charge in [0.15, 0.2) is 0 Å². The van der Waals surface area contributed by atoms with E-state index in [0.717, 1.165) is 0 Å². The first-order chi connectivity index (χ1) is 7.60. The van der Waals surface area contributed by atoms with Crippen LogP contribution in [0.1, 0.15) is 12.5 Å². The average Bonchev–Trinajstić information content (AvgIpc) is 2.26. The third-order valence-electron chi connectivity index (χ3n) is 2.32. The number of nitrogens with two attached hydrogens (primary N) is 1. The number of rotatable bonds is 5. The summed E-state index contributed by atoms with van der Waals surface area (Å²) in [6.45, 7) is 2.92. The Morgan fingerprint density at radius 1 is 1.56 bits per heavy atom. The second kappa shape index (κ2) is 5.77. The van der Waals surface area contributed by atoms with E-state index < -0.39 is 0 Å². The lowest BCUT2D eigenvalue weighted by molar-refractivity contribution is 0.302. The standard InChI is InChI=1S/C11H15FN2OS/c1-2-14(5-6-15)10-4-3-8(11(13)16)7-9(10)12/h3-4,7,15H,2,5-6H2,1H3,(H2,13,16). The number of halogens is 1. The molecule has 0 aliphatic heterocycles. The van der Waals surface area contributed by atoms with E-state index >= 15 is 0 Å². The first-order valence-corrected chi connectivity index (χ1v) is 5.46. The number of likely N-dealkylation sites (N-methyl/N-ethyl adjacent to an activating group) is 1. The molecular weight excluding hydrogens is 227 g/mol. The van der Waals surface area contributed by atoms with Gasteiger partial charge in [-0.2, -0.15) is 0 Å². The van der Waals surface area contributed by atoms with Gasteiger partial charge in [0.25, 0.3) is 0 Å². The zero-order valence-corrected chi connectivity index (χ0v) is 9.93. The molecule has 88 valence electrons. The Hall–Kier alpha value is -1.20. The Morgan fingerprint density at radius 3 is 2.69 bits per heavy atom. The monoisotopic (exact) mass is 242 g/mol. The molecule has 0 aliphatic carbocycles. The molecular formula is C11H15FN2OS. The number of anilines is 1. The topological polar surface area (TPSA) is 49.5 Å². The summed E-state index contributed by atoms with van der Waals surface area (Å²) in [5.74, 6) is -0.374. The molecule has 0 amide bonds. The van der Waals surface area contributed by atoms with Gasteiger partial charge in [-0.25, -0.2) is 4.39 Å². The van der Waals surface area contributed by atoms with Crippen LogP contribution in [0.25, 0.3) is 0 Å². The molecule has 0 spiro atoms. The van der Waals surface area contributed by atoms with E-state index in [2.05, 4.69) is 0 Å². The Kier molecular flexibility index (Phi) is 4.64. The minimum Gasteiger partial charge on any atom is -0.395 e. The summed E-state index contributed by atoms with van der Waals surface area (Å²) in [5.41, 5.74) is 6.38. The lowest BCUT2D eigenvalue weighted by Crippen LogP contribution is -2.27. The Bertz CT molecular complexity index is 384. The minimum absolute atomic E-state index is 0.00959. The van der Waals surface area contributed by atoms with E-state index in [1.54, 1.807) is 17.0 Å². The second-order valence-electron chi connectivity index (χ2n) is 3.33. The Balaban J connectivity index is 3.01. The molecule has 0 saturated heterocycles. The quantitative estimate of drug-likeness (QED) is 0.764. The van der Waals surface area contributed by atoms with Crippen molar-refractivity contribution in [3.8, 4) is 0 Å². The van der Waals surface area contributed by atoms with Crippen LogP contribution >= 0.6 is 12.2 Å². The number of benzene rings is 1. The molecule has 1 aromatic rings. The first-order valence-electron chi connectivity index (χ1n) is 5.05. The lowest BCUT2D eigenvalue weighted by Gasteiger charge is -2.22. The van der Waals surface area contributed by atoms with Crippen LogP contribution in [0.2, 0.25) is 0 Å². The van der Waals surface area contributed by atoms with Gasteiger partial charge in [-0.05, 0) is 25.1 Å². The second-order valence-corrected chi connectivity index (χ2v) is 3.77. The van der Waals surface area contributed by atoms with E-state index in [4.69, 9.17) is 23.1 Å². The fourth-order valence-corrected chi connectivity index (χ4v) is 1.61. The molecule has 3 nitrogen and oxygen atoms in total. The van der Waals surface area contributed by atoms with Crippen LogP contribution in [0.5, 0.6) is 0 Å². The van der Waals surface area contributed by atoms with Crippen LogP contribution in [0.3, 0.4) is 0 Å². The number of thiocarbonyl (C=S) groups is 1. The van der Waals surface area contributed by atoms with Crippen molar-refractivity contribution in [3.63, 3.8) is 0 Å². The summed E-state index contributed by atoms with van der Waals surface area (Å²) in [4.78, 5) is 1.93. The largest absolute Gasteiger partial charge is 0.395 e. The SMILES string of the molecule is CCN(CCO)c1ccc(C(N)=S)cc1F. The third-order valence-corrected chi connectivity index (χ3v) is 2.56. The molecule has 5 heteroatoms. The van der Waals surface area contributed by atoms with Crippen molar-refractivity contribution in [2.45, 2.75) is 6.92 Å². The summed E-state index contributed by atoms with van der Waals surface area (Å²) < 4.78 is 13.7. The zero-order valence-electron chi connectivity index (χ0n) is 9.11. The smallest absolute Gasteiger partial charge is 0.147 e. The van der Waals surface area contributed by atoms with Crippen LogP contribution < -0.4 is 10.6 Å². The molecule has 3 N–H and O–H groups in total. The molecule has 1 aromatic carbocycles. The summed E-state index contributed by atoms with van der Waals surface area (Å²) in [6.07, 6.45) is 0. The van der Waals surface area contributed by atoms with Gasteiger partial charge in [0.2, 0.25) is 0 Å². The number of aliphatic hydroxyl groups excluding tert-OH is 1. The van der Waals surface area contributed by atoms with E-state index in [1.165, 1.54) is 6.07 Å². The zero-order chi connectivity index (χ0) is 12.1. The Morgan fingerprint density at radius 2 is 2.25 bits per heavy atom. The van der Waals surface area contributed by atoms with Gasteiger partial charge in [-0.3, -0.25) is 0 Å². The van der Waals surface area contributed by atoms with E-state index in [-0.39, 0.29) is 17.4 Å². The van der Waals surface area contributed by atoms with Gasteiger partial charge >= 0.3 is 0 Å². The summed E-state index contributed by atoms with van der Waals surface area (Å²) >= 11 is 4.77. The van der Waals surface area contributed by atoms with Gasteiger partial charge in [0, 0.05) is 18.7 Å². The maximum absolute atomic E-state index is 13.7. The van der Waals surface area contributed by atoms with Crippen molar-refractivity contribution in [3.05, 3.63) is 29.6 Å². The van der Waals surface area contributed by atoms with Crippen molar-refractivity contribution < 1.29 is 9.50 Å². The van der Waals surface area contributed by atoms with Gasteiger partial charge in [-0.15, -0.1) is 0 Å². The fraction of sp³-hybridized carbons (Fsp3) is 0.364. The normalized spacial score (nSPS) is 10.2. The molecule has 0 saturated carbocycles. The number of hydrogen-bond donors (Lipinski definition) is 2. The lowest BCUT2D eigenvalue weighted by atomic mass is 10.2. The fourth-order valence-electron chi connectivity index (χ4n) is 1.49. The van der Waals surface area contributed by atoms with Crippen LogP contribution in [-0.2, 0) is 0 Å². The summed E-state index contributed by atoms with van der Waals surface area (Å²) in [6, 6.07) is 4.63.